The summed E-state index contributed by atoms with van der Waals surface area (Å²) in [6, 6.07) is 12.8. The average molecular weight is 379 g/mol. The van der Waals surface area contributed by atoms with E-state index in [4.69, 9.17) is 0 Å². The van der Waals surface area contributed by atoms with Gasteiger partial charge in [-0.25, -0.2) is 0 Å². The van der Waals surface area contributed by atoms with Gasteiger partial charge in [0.15, 0.2) is 5.82 Å². The molecule has 1 aromatic carbocycles. The number of amides is 1. The number of hydrogen-bond donors (Lipinski definition) is 1. The maximum atomic E-state index is 13.1. The lowest BCUT2D eigenvalue weighted by Gasteiger charge is -2.23. The highest BCUT2D eigenvalue weighted by molar-refractivity contribution is 5.91. The molecule has 1 N–H and O–H groups in total. The van der Waals surface area contributed by atoms with Crippen LogP contribution in [0.5, 0.6) is 0 Å². The highest BCUT2D eigenvalue weighted by Crippen LogP contribution is 2.48. The molecule has 1 aromatic heterocycles. The summed E-state index contributed by atoms with van der Waals surface area (Å²) in [6.45, 7) is 10.3. The smallest absolute Gasteiger partial charge is 0.230 e. The number of rotatable bonds is 4. The van der Waals surface area contributed by atoms with Crippen molar-refractivity contribution in [3.05, 3.63) is 53.2 Å². The van der Waals surface area contributed by atoms with E-state index < -0.39 is 0 Å². The van der Waals surface area contributed by atoms with Crippen molar-refractivity contribution >= 4 is 11.7 Å². The van der Waals surface area contributed by atoms with Crippen LogP contribution in [-0.2, 0) is 15.6 Å². The molecule has 5 heteroatoms. The lowest BCUT2D eigenvalue weighted by atomic mass is 9.85. The van der Waals surface area contributed by atoms with Crippen LogP contribution in [0.2, 0.25) is 0 Å². The van der Waals surface area contributed by atoms with E-state index in [1.165, 1.54) is 5.56 Å². The molecule has 148 valence electrons. The van der Waals surface area contributed by atoms with Gasteiger partial charge in [0.25, 0.3) is 0 Å². The van der Waals surface area contributed by atoms with Gasteiger partial charge in [-0.2, -0.15) is 5.10 Å². The number of aromatic nitrogens is 2. The van der Waals surface area contributed by atoms with Crippen molar-refractivity contribution in [1.82, 2.24) is 15.5 Å². The average Bonchev–Trinajstić information content (AvgIpc) is 3.36. The van der Waals surface area contributed by atoms with E-state index in [-0.39, 0.29) is 22.8 Å². The molecule has 0 spiro atoms. The van der Waals surface area contributed by atoms with Crippen LogP contribution in [0.3, 0.4) is 0 Å². The zero-order valence-corrected chi connectivity index (χ0v) is 17.3. The van der Waals surface area contributed by atoms with E-state index in [0.717, 1.165) is 49.4 Å². The second-order valence-electron chi connectivity index (χ2n) is 9.35. The summed E-state index contributed by atoms with van der Waals surface area (Å²) in [5.74, 6) is 1.07. The summed E-state index contributed by atoms with van der Waals surface area (Å²) in [7, 11) is 0. The van der Waals surface area contributed by atoms with Gasteiger partial charge in [-0.1, -0.05) is 45.0 Å². The van der Waals surface area contributed by atoms with Crippen molar-refractivity contribution in [2.75, 3.05) is 18.0 Å². The molecule has 4 rings (SSSR count). The summed E-state index contributed by atoms with van der Waals surface area (Å²) in [5.41, 5.74) is 3.17. The van der Waals surface area contributed by atoms with Gasteiger partial charge in [0.1, 0.15) is 0 Å². The minimum Gasteiger partial charge on any atom is -0.353 e. The molecular formula is C23H30N4O. The first-order chi connectivity index (χ1) is 13.3. The maximum absolute atomic E-state index is 13.1. The molecular weight excluding hydrogens is 348 g/mol. The normalized spacial score (nSPS) is 20.9. The number of nitrogens with zero attached hydrogens (tertiary/aromatic N) is 3. The zero-order chi connectivity index (χ0) is 19.9. The Labute approximate surface area is 167 Å². The molecule has 1 aliphatic heterocycles. The zero-order valence-electron chi connectivity index (χ0n) is 17.3. The molecule has 2 fully saturated rings. The summed E-state index contributed by atoms with van der Waals surface area (Å²) in [6.07, 6.45) is 2.82. The number of aryl methyl sites for hydroxylation is 1. The first-order valence-electron chi connectivity index (χ1n) is 10.3. The monoisotopic (exact) mass is 378 g/mol. The molecule has 1 saturated carbocycles. The topological polar surface area (TPSA) is 58.1 Å². The predicted octanol–water partition coefficient (Wildman–Crippen LogP) is 3.51. The van der Waals surface area contributed by atoms with Gasteiger partial charge in [0.2, 0.25) is 5.91 Å². The molecule has 0 radical (unpaired) electrons. The minimum atomic E-state index is -0.326. The number of hydrogen-bond acceptors (Lipinski definition) is 4. The standard InChI is InChI=1S/C23H30N4O/c1-16-5-10-20(26-25-16)27-14-11-19(15-27)24-21(28)23(12-13-23)18-8-6-17(7-9-18)22(2,3)4/h5-10,19H,11-15H2,1-4H3,(H,24,28)/t19-/m1/s1. The highest BCUT2D eigenvalue weighted by atomic mass is 16.2. The number of benzene rings is 1. The van der Waals surface area contributed by atoms with Crippen molar-refractivity contribution in [2.24, 2.45) is 0 Å². The Bertz CT molecular complexity index is 848. The Kier molecular flexibility index (Phi) is 4.64. The van der Waals surface area contributed by atoms with Crippen LogP contribution in [0.4, 0.5) is 5.82 Å². The molecule has 2 aliphatic rings. The molecule has 1 saturated heterocycles. The van der Waals surface area contributed by atoms with Crippen LogP contribution in [-0.4, -0.2) is 35.2 Å². The first-order valence-corrected chi connectivity index (χ1v) is 10.3. The van der Waals surface area contributed by atoms with E-state index in [1.807, 2.05) is 19.1 Å². The van der Waals surface area contributed by atoms with E-state index >= 15 is 0 Å². The lowest BCUT2D eigenvalue weighted by molar-refractivity contribution is -0.124. The van der Waals surface area contributed by atoms with Crippen LogP contribution >= 0.6 is 0 Å². The van der Waals surface area contributed by atoms with Crippen molar-refractivity contribution in [3.63, 3.8) is 0 Å². The fraction of sp³-hybridized carbons (Fsp3) is 0.522. The second-order valence-corrected chi connectivity index (χ2v) is 9.35. The Morgan fingerprint density at radius 3 is 2.39 bits per heavy atom. The van der Waals surface area contributed by atoms with Gasteiger partial charge in [0, 0.05) is 19.1 Å². The van der Waals surface area contributed by atoms with Crippen LogP contribution in [0.15, 0.2) is 36.4 Å². The Hall–Kier alpha value is -2.43. The summed E-state index contributed by atoms with van der Waals surface area (Å²) >= 11 is 0. The minimum absolute atomic E-state index is 0.129. The summed E-state index contributed by atoms with van der Waals surface area (Å²) in [4.78, 5) is 15.3. The molecule has 5 nitrogen and oxygen atoms in total. The Balaban J connectivity index is 1.40. The van der Waals surface area contributed by atoms with E-state index in [9.17, 15) is 4.79 Å². The largest absolute Gasteiger partial charge is 0.353 e. The van der Waals surface area contributed by atoms with Crippen LogP contribution in [0, 0.1) is 6.92 Å². The first kappa shape index (κ1) is 18.9. The molecule has 2 aromatic rings. The SMILES string of the molecule is Cc1ccc(N2CC[C@@H](NC(=O)C3(c4ccc(C(C)(C)C)cc4)CC3)C2)nn1. The number of nitrogens with one attached hydrogen (secondary N) is 1. The van der Waals surface area contributed by atoms with Crippen molar-refractivity contribution in [2.45, 2.75) is 63.8 Å². The quantitative estimate of drug-likeness (QED) is 0.885. The molecule has 0 bridgehead atoms. The Morgan fingerprint density at radius 1 is 1.11 bits per heavy atom. The van der Waals surface area contributed by atoms with Crippen molar-refractivity contribution in [3.8, 4) is 0 Å². The third kappa shape index (κ3) is 3.62. The van der Waals surface area contributed by atoms with Gasteiger partial charge < -0.3 is 10.2 Å². The van der Waals surface area contributed by atoms with Gasteiger partial charge in [-0.3, -0.25) is 4.79 Å². The Morgan fingerprint density at radius 2 is 1.82 bits per heavy atom. The van der Waals surface area contributed by atoms with Gasteiger partial charge >= 0.3 is 0 Å². The van der Waals surface area contributed by atoms with Gasteiger partial charge in [0.05, 0.1) is 11.1 Å². The predicted molar refractivity (Wildman–Crippen MR) is 112 cm³/mol. The number of carbonyl (C=O) groups excluding carboxylic acids is 1. The van der Waals surface area contributed by atoms with Crippen LogP contribution < -0.4 is 10.2 Å². The number of anilines is 1. The van der Waals surface area contributed by atoms with Gasteiger partial charge in [-0.15, -0.1) is 5.10 Å². The fourth-order valence-electron chi connectivity index (χ4n) is 4.03. The molecule has 1 amide bonds. The fourth-order valence-corrected chi connectivity index (χ4v) is 4.03. The van der Waals surface area contributed by atoms with E-state index in [1.54, 1.807) is 0 Å². The second kappa shape index (κ2) is 6.87. The molecule has 0 unspecified atom stereocenters. The van der Waals surface area contributed by atoms with E-state index in [2.05, 4.69) is 65.5 Å². The summed E-state index contributed by atoms with van der Waals surface area (Å²) in [5, 5.41) is 11.7. The van der Waals surface area contributed by atoms with Crippen molar-refractivity contribution in [1.29, 1.82) is 0 Å². The molecule has 1 aliphatic carbocycles. The maximum Gasteiger partial charge on any atom is 0.230 e. The van der Waals surface area contributed by atoms with Crippen LogP contribution in [0.1, 0.15) is 56.9 Å². The van der Waals surface area contributed by atoms with Gasteiger partial charge in [-0.05, 0) is 54.9 Å². The van der Waals surface area contributed by atoms with Crippen molar-refractivity contribution < 1.29 is 4.79 Å². The molecule has 28 heavy (non-hydrogen) atoms. The molecule has 2 heterocycles. The van der Waals surface area contributed by atoms with E-state index in [0.29, 0.717) is 0 Å². The highest BCUT2D eigenvalue weighted by Gasteiger charge is 2.51. The number of carbonyl (C=O) groups is 1. The third-order valence-corrected chi connectivity index (χ3v) is 6.12. The molecule has 1 atom stereocenters. The lowest BCUT2D eigenvalue weighted by Crippen LogP contribution is -2.43. The summed E-state index contributed by atoms with van der Waals surface area (Å²) < 4.78 is 0. The van der Waals surface area contributed by atoms with Crippen LogP contribution in [0.25, 0.3) is 0 Å². The third-order valence-electron chi connectivity index (χ3n) is 6.12.